The first-order valence-corrected chi connectivity index (χ1v) is 9.21. The van der Waals surface area contributed by atoms with Gasteiger partial charge in [0.15, 0.2) is 0 Å². The number of methoxy groups -OCH3 is 2. The van der Waals surface area contributed by atoms with Crippen LogP contribution >= 0.6 is 11.3 Å². The average Bonchev–Trinajstić information content (AvgIpc) is 3.21. The van der Waals surface area contributed by atoms with Crippen molar-refractivity contribution in [2.75, 3.05) is 14.2 Å². The molecule has 1 aromatic carbocycles. The maximum Gasteiger partial charge on any atom is 0.336 e. The van der Waals surface area contributed by atoms with Gasteiger partial charge in [0.2, 0.25) is 0 Å². The summed E-state index contributed by atoms with van der Waals surface area (Å²) in [6.45, 7) is 3.59. The number of dihydropyridines is 1. The minimum Gasteiger partial charge on any atom is -0.466 e. The Bertz CT molecular complexity index is 907. The lowest BCUT2D eigenvalue weighted by atomic mass is 9.78. The van der Waals surface area contributed by atoms with E-state index >= 15 is 0 Å². The van der Waals surface area contributed by atoms with Gasteiger partial charge < -0.3 is 14.8 Å². The van der Waals surface area contributed by atoms with Crippen molar-refractivity contribution >= 4 is 23.3 Å². The fourth-order valence-electron chi connectivity index (χ4n) is 3.37. The highest BCUT2D eigenvalue weighted by Crippen LogP contribution is 2.43. The number of carbonyl (C=O) groups excluding carboxylic acids is 2. The van der Waals surface area contributed by atoms with Gasteiger partial charge in [0.1, 0.15) is 5.01 Å². The molecule has 0 saturated heterocycles. The van der Waals surface area contributed by atoms with Gasteiger partial charge in [-0.05, 0) is 19.4 Å². The van der Waals surface area contributed by atoms with Crippen LogP contribution in [0.5, 0.6) is 0 Å². The monoisotopic (exact) mass is 384 g/mol. The summed E-state index contributed by atoms with van der Waals surface area (Å²) in [5.41, 5.74) is 3.72. The standard InChI is InChI=1S/C20H20N2O4S/c1-11-15(19(23)25-3)17(16(12(2)22-11)20(24)26-4)13-7-5-6-8-14(13)18-21-9-10-27-18/h5-10,17,22H,1-4H3. The highest BCUT2D eigenvalue weighted by atomic mass is 32.1. The van der Waals surface area contributed by atoms with Crippen molar-refractivity contribution in [1.29, 1.82) is 0 Å². The molecule has 0 saturated carbocycles. The first kappa shape index (κ1) is 18.8. The Morgan fingerprint density at radius 2 is 1.63 bits per heavy atom. The number of allylic oxidation sites excluding steroid dienone is 2. The SMILES string of the molecule is COC(=O)C1=C(C)NC(C)=C(C(=O)OC)C1c1ccccc1-c1nccs1. The molecule has 1 N–H and O–H groups in total. The average molecular weight is 384 g/mol. The Balaban J connectivity index is 2.29. The smallest absolute Gasteiger partial charge is 0.336 e. The topological polar surface area (TPSA) is 77.5 Å². The lowest BCUT2D eigenvalue weighted by Crippen LogP contribution is -2.32. The molecule has 2 aromatic rings. The molecule has 7 heteroatoms. The molecule has 0 amide bonds. The number of carbonyl (C=O) groups is 2. The number of nitrogens with zero attached hydrogens (tertiary/aromatic N) is 1. The lowest BCUT2D eigenvalue weighted by Gasteiger charge is -2.31. The first-order chi connectivity index (χ1) is 13.0. The third kappa shape index (κ3) is 3.38. The third-order valence-electron chi connectivity index (χ3n) is 4.51. The Morgan fingerprint density at radius 1 is 1.04 bits per heavy atom. The maximum atomic E-state index is 12.6. The molecule has 0 atom stereocenters. The molecule has 1 aromatic heterocycles. The van der Waals surface area contributed by atoms with Crippen LogP contribution in [0.4, 0.5) is 0 Å². The zero-order valence-corrected chi connectivity index (χ0v) is 16.3. The molecule has 0 unspecified atom stereocenters. The molecular formula is C20H20N2O4S. The van der Waals surface area contributed by atoms with Crippen molar-refractivity contribution < 1.29 is 19.1 Å². The van der Waals surface area contributed by atoms with Gasteiger partial charge in [-0.3, -0.25) is 0 Å². The quantitative estimate of drug-likeness (QED) is 0.814. The zero-order valence-electron chi connectivity index (χ0n) is 15.5. The van der Waals surface area contributed by atoms with Crippen LogP contribution in [0.25, 0.3) is 10.6 Å². The van der Waals surface area contributed by atoms with Crippen LogP contribution < -0.4 is 5.32 Å². The molecule has 0 radical (unpaired) electrons. The molecule has 6 nitrogen and oxygen atoms in total. The van der Waals surface area contributed by atoms with Crippen LogP contribution in [0.1, 0.15) is 25.3 Å². The Kier molecular flexibility index (Phi) is 5.41. The largest absolute Gasteiger partial charge is 0.466 e. The molecule has 1 aliphatic rings. The lowest BCUT2D eigenvalue weighted by molar-refractivity contribution is -0.137. The zero-order chi connectivity index (χ0) is 19.6. The fraction of sp³-hybridized carbons (Fsp3) is 0.250. The van der Waals surface area contributed by atoms with Crippen LogP contribution in [-0.2, 0) is 19.1 Å². The van der Waals surface area contributed by atoms with Gasteiger partial charge in [-0.1, -0.05) is 24.3 Å². The van der Waals surface area contributed by atoms with E-state index in [-0.39, 0.29) is 0 Å². The summed E-state index contributed by atoms with van der Waals surface area (Å²) in [6.07, 6.45) is 1.73. The molecule has 27 heavy (non-hydrogen) atoms. The summed E-state index contributed by atoms with van der Waals surface area (Å²) in [6, 6.07) is 7.62. The number of aromatic nitrogens is 1. The van der Waals surface area contributed by atoms with Crippen molar-refractivity contribution in [2.24, 2.45) is 0 Å². The van der Waals surface area contributed by atoms with E-state index in [1.54, 1.807) is 20.0 Å². The molecule has 3 rings (SSSR count). The van der Waals surface area contributed by atoms with E-state index in [0.29, 0.717) is 22.5 Å². The van der Waals surface area contributed by atoms with Crippen LogP contribution in [0.15, 0.2) is 58.4 Å². The molecule has 1 aliphatic heterocycles. The number of benzene rings is 1. The van der Waals surface area contributed by atoms with Gasteiger partial charge in [-0.2, -0.15) is 0 Å². The number of rotatable bonds is 4. The molecular weight excluding hydrogens is 364 g/mol. The number of esters is 2. The first-order valence-electron chi connectivity index (χ1n) is 8.33. The molecule has 140 valence electrons. The highest BCUT2D eigenvalue weighted by Gasteiger charge is 2.38. The molecule has 2 heterocycles. The second kappa shape index (κ2) is 7.75. The Morgan fingerprint density at radius 3 is 2.15 bits per heavy atom. The van der Waals surface area contributed by atoms with Crippen molar-refractivity contribution in [3.05, 3.63) is 63.9 Å². The summed E-state index contributed by atoms with van der Waals surface area (Å²) < 4.78 is 10.0. The Labute approximate surface area is 161 Å². The summed E-state index contributed by atoms with van der Waals surface area (Å²) in [5.74, 6) is -1.60. The number of nitrogens with one attached hydrogen (secondary N) is 1. The summed E-state index contributed by atoms with van der Waals surface area (Å²) >= 11 is 1.50. The van der Waals surface area contributed by atoms with Gasteiger partial charge in [0.05, 0.1) is 31.3 Å². The predicted molar refractivity (Wildman–Crippen MR) is 103 cm³/mol. The van der Waals surface area contributed by atoms with Crippen molar-refractivity contribution in [1.82, 2.24) is 10.3 Å². The molecule has 0 spiro atoms. The van der Waals surface area contributed by atoms with Gasteiger partial charge in [0, 0.05) is 28.5 Å². The predicted octanol–water partition coefficient (Wildman–Crippen LogP) is 3.39. The normalized spacial score (nSPS) is 14.8. The van der Waals surface area contributed by atoms with E-state index in [9.17, 15) is 9.59 Å². The summed E-state index contributed by atoms with van der Waals surface area (Å²) in [7, 11) is 2.66. The molecule has 0 bridgehead atoms. The maximum absolute atomic E-state index is 12.6. The Hall–Kier alpha value is -2.93. The number of hydrogen-bond acceptors (Lipinski definition) is 7. The van der Waals surface area contributed by atoms with E-state index in [1.807, 2.05) is 29.6 Å². The van der Waals surface area contributed by atoms with E-state index in [2.05, 4.69) is 10.3 Å². The third-order valence-corrected chi connectivity index (χ3v) is 5.31. The van der Waals surface area contributed by atoms with E-state index in [1.165, 1.54) is 25.6 Å². The summed E-state index contributed by atoms with van der Waals surface area (Å²) in [5, 5.41) is 5.81. The van der Waals surface area contributed by atoms with Crippen LogP contribution in [0.3, 0.4) is 0 Å². The van der Waals surface area contributed by atoms with Crippen LogP contribution in [-0.4, -0.2) is 31.1 Å². The van der Waals surface area contributed by atoms with E-state index in [0.717, 1.165) is 16.1 Å². The van der Waals surface area contributed by atoms with Crippen LogP contribution in [0, 0.1) is 0 Å². The van der Waals surface area contributed by atoms with Gasteiger partial charge in [-0.25, -0.2) is 14.6 Å². The number of hydrogen-bond donors (Lipinski definition) is 1. The van der Waals surface area contributed by atoms with Crippen molar-refractivity contribution in [2.45, 2.75) is 19.8 Å². The van der Waals surface area contributed by atoms with Crippen molar-refractivity contribution in [3.63, 3.8) is 0 Å². The molecule has 0 fully saturated rings. The highest BCUT2D eigenvalue weighted by molar-refractivity contribution is 7.13. The van der Waals surface area contributed by atoms with Crippen molar-refractivity contribution in [3.8, 4) is 10.6 Å². The number of thiazole rings is 1. The number of ether oxygens (including phenoxy) is 2. The second-order valence-electron chi connectivity index (χ2n) is 6.04. The minimum atomic E-state index is -0.619. The van der Waals surface area contributed by atoms with Crippen LogP contribution in [0.2, 0.25) is 0 Å². The minimum absolute atomic E-state index is 0.382. The van der Waals surface area contributed by atoms with Gasteiger partial charge in [0.25, 0.3) is 0 Å². The van der Waals surface area contributed by atoms with E-state index in [4.69, 9.17) is 9.47 Å². The fourth-order valence-corrected chi connectivity index (χ4v) is 4.05. The van der Waals surface area contributed by atoms with Gasteiger partial charge >= 0.3 is 11.9 Å². The van der Waals surface area contributed by atoms with Gasteiger partial charge in [-0.15, -0.1) is 11.3 Å². The molecule has 0 aliphatic carbocycles. The second-order valence-corrected chi connectivity index (χ2v) is 6.94. The summed E-state index contributed by atoms with van der Waals surface area (Å²) in [4.78, 5) is 29.6. The van der Waals surface area contributed by atoms with E-state index < -0.39 is 17.9 Å².